The SMILES string of the molecule is COC(=O)[C@H](CC(C)C)NC(=O)[C@H](CNC(=O)OC(C)(C)C)Cc1ccc(OC)cc1. The Kier molecular flexibility index (Phi) is 10.3. The van der Waals surface area contributed by atoms with E-state index in [1.807, 2.05) is 38.1 Å². The fourth-order valence-corrected chi connectivity index (χ4v) is 2.94. The third-order valence-electron chi connectivity index (χ3n) is 4.41. The molecule has 0 unspecified atom stereocenters. The first kappa shape index (κ1) is 26.3. The summed E-state index contributed by atoms with van der Waals surface area (Å²) in [6.45, 7) is 9.27. The van der Waals surface area contributed by atoms with Crippen LogP contribution < -0.4 is 15.4 Å². The molecule has 0 radical (unpaired) electrons. The van der Waals surface area contributed by atoms with Crippen LogP contribution in [0.2, 0.25) is 0 Å². The number of amides is 2. The molecule has 0 bridgehead atoms. The summed E-state index contributed by atoms with van der Waals surface area (Å²) < 4.78 is 15.3. The molecule has 0 spiro atoms. The van der Waals surface area contributed by atoms with Gasteiger partial charge in [0.25, 0.3) is 0 Å². The van der Waals surface area contributed by atoms with Crippen molar-refractivity contribution in [3.05, 3.63) is 29.8 Å². The van der Waals surface area contributed by atoms with Crippen LogP contribution in [0.4, 0.5) is 4.79 Å². The summed E-state index contributed by atoms with van der Waals surface area (Å²) in [5.41, 5.74) is 0.246. The fourth-order valence-electron chi connectivity index (χ4n) is 2.94. The molecule has 0 aliphatic heterocycles. The van der Waals surface area contributed by atoms with Gasteiger partial charge in [0.2, 0.25) is 5.91 Å². The molecule has 0 fully saturated rings. The predicted octanol–water partition coefficient (Wildman–Crippen LogP) is 3.08. The van der Waals surface area contributed by atoms with Gasteiger partial charge in [0.15, 0.2) is 0 Å². The summed E-state index contributed by atoms with van der Waals surface area (Å²) in [6.07, 6.45) is 0.209. The van der Waals surface area contributed by atoms with Gasteiger partial charge in [-0.05, 0) is 57.2 Å². The molecule has 174 valence electrons. The van der Waals surface area contributed by atoms with Crippen LogP contribution in [-0.4, -0.2) is 50.4 Å². The number of nitrogens with one attached hydrogen (secondary N) is 2. The van der Waals surface area contributed by atoms with Crippen molar-refractivity contribution in [3.63, 3.8) is 0 Å². The molecule has 0 aliphatic carbocycles. The second-order valence-electron chi connectivity index (χ2n) is 8.85. The molecule has 0 saturated heterocycles. The molecule has 0 heterocycles. The number of carbonyl (C=O) groups is 3. The first-order valence-electron chi connectivity index (χ1n) is 10.4. The van der Waals surface area contributed by atoms with E-state index in [9.17, 15) is 14.4 Å². The minimum Gasteiger partial charge on any atom is -0.497 e. The molecular formula is C23H36N2O6. The Morgan fingerprint density at radius 1 is 1.03 bits per heavy atom. The standard InChI is InChI=1S/C23H36N2O6/c1-15(2)12-19(21(27)30-7)25-20(26)17(14-24-22(28)31-23(3,4)5)13-16-8-10-18(29-6)11-9-16/h8-11,15,17,19H,12-14H2,1-7H3,(H,24,28)(H,25,26)/t17-,19-/m0/s1. The van der Waals surface area contributed by atoms with Crippen LogP contribution in [0.5, 0.6) is 5.75 Å². The average molecular weight is 437 g/mol. The Labute approximate surface area is 185 Å². The van der Waals surface area contributed by atoms with E-state index in [-0.39, 0.29) is 18.4 Å². The maximum atomic E-state index is 13.0. The molecule has 8 nitrogen and oxygen atoms in total. The van der Waals surface area contributed by atoms with Gasteiger partial charge in [-0.3, -0.25) is 4.79 Å². The molecule has 0 saturated carbocycles. The van der Waals surface area contributed by atoms with Crippen LogP contribution in [-0.2, 0) is 25.5 Å². The minimum atomic E-state index is -0.752. The normalized spacial score (nSPS) is 13.2. The van der Waals surface area contributed by atoms with Crippen molar-refractivity contribution in [1.29, 1.82) is 0 Å². The summed E-state index contributed by atoms with van der Waals surface area (Å²) in [5.74, 6) is -0.558. The summed E-state index contributed by atoms with van der Waals surface area (Å²) >= 11 is 0. The lowest BCUT2D eigenvalue weighted by atomic mass is 9.96. The van der Waals surface area contributed by atoms with E-state index in [0.29, 0.717) is 18.6 Å². The Morgan fingerprint density at radius 2 is 1.65 bits per heavy atom. The zero-order valence-corrected chi connectivity index (χ0v) is 19.6. The van der Waals surface area contributed by atoms with Crippen LogP contribution in [0.15, 0.2) is 24.3 Å². The van der Waals surface area contributed by atoms with Crippen LogP contribution >= 0.6 is 0 Å². The quantitative estimate of drug-likeness (QED) is 0.547. The number of esters is 1. The first-order chi connectivity index (χ1) is 14.4. The number of hydrogen-bond acceptors (Lipinski definition) is 6. The Morgan fingerprint density at radius 3 is 2.13 bits per heavy atom. The zero-order valence-electron chi connectivity index (χ0n) is 19.6. The van der Waals surface area contributed by atoms with Gasteiger partial charge in [0, 0.05) is 6.54 Å². The molecule has 1 aromatic carbocycles. The maximum Gasteiger partial charge on any atom is 0.407 e. The molecule has 2 atom stereocenters. The molecule has 2 N–H and O–H groups in total. The van der Waals surface area contributed by atoms with Crippen LogP contribution in [0.1, 0.15) is 46.6 Å². The molecule has 1 aromatic rings. The summed E-state index contributed by atoms with van der Waals surface area (Å²) in [6, 6.07) is 6.58. The van der Waals surface area contributed by atoms with Crippen molar-refractivity contribution in [3.8, 4) is 5.75 Å². The lowest BCUT2D eigenvalue weighted by Gasteiger charge is -2.24. The van der Waals surface area contributed by atoms with Gasteiger partial charge >= 0.3 is 12.1 Å². The van der Waals surface area contributed by atoms with Gasteiger partial charge in [0.05, 0.1) is 20.1 Å². The van der Waals surface area contributed by atoms with Gasteiger partial charge in [-0.15, -0.1) is 0 Å². The van der Waals surface area contributed by atoms with Gasteiger partial charge in [-0.25, -0.2) is 9.59 Å². The number of rotatable bonds is 10. The van der Waals surface area contributed by atoms with Crippen molar-refractivity contribution in [1.82, 2.24) is 10.6 Å². The monoisotopic (exact) mass is 436 g/mol. The number of methoxy groups -OCH3 is 2. The largest absolute Gasteiger partial charge is 0.497 e. The van der Waals surface area contributed by atoms with E-state index in [2.05, 4.69) is 10.6 Å². The predicted molar refractivity (Wildman–Crippen MR) is 118 cm³/mol. The van der Waals surface area contributed by atoms with Gasteiger partial charge in [0.1, 0.15) is 17.4 Å². The Balaban J connectivity index is 2.95. The number of carbonyl (C=O) groups excluding carboxylic acids is 3. The Hall–Kier alpha value is -2.77. The lowest BCUT2D eigenvalue weighted by Crippen LogP contribution is -2.48. The second kappa shape index (κ2) is 12.2. The topological polar surface area (TPSA) is 103 Å². The Bertz CT molecular complexity index is 725. The summed E-state index contributed by atoms with van der Waals surface area (Å²) in [7, 11) is 2.87. The van der Waals surface area contributed by atoms with E-state index in [1.165, 1.54) is 7.11 Å². The van der Waals surface area contributed by atoms with E-state index < -0.39 is 29.6 Å². The third kappa shape index (κ3) is 10.2. The highest BCUT2D eigenvalue weighted by Crippen LogP contribution is 2.16. The highest BCUT2D eigenvalue weighted by atomic mass is 16.6. The van der Waals surface area contributed by atoms with Gasteiger partial charge < -0.3 is 24.8 Å². The molecule has 1 rings (SSSR count). The number of ether oxygens (including phenoxy) is 3. The second-order valence-corrected chi connectivity index (χ2v) is 8.85. The van der Waals surface area contributed by atoms with Crippen LogP contribution in [0.3, 0.4) is 0 Å². The van der Waals surface area contributed by atoms with Crippen molar-refractivity contribution in [2.45, 2.75) is 59.1 Å². The smallest absolute Gasteiger partial charge is 0.407 e. The molecule has 0 aliphatic rings. The number of hydrogen-bond donors (Lipinski definition) is 2. The first-order valence-corrected chi connectivity index (χ1v) is 10.4. The highest BCUT2D eigenvalue weighted by molar-refractivity contribution is 5.86. The van der Waals surface area contributed by atoms with Crippen LogP contribution in [0.25, 0.3) is 0 Å². The fraction of sp³-hybridized carbons (Fsp3) is 0.609. The molecule has 2 amide bonds. The number of alkyl carbamates (subject to hydrolysis) is 1. The molecule has 0 aromatic heterocycles. The highest BCUT2D eigenvalue weighted by Gasteiger charge is 2.28. The van der Waals surface area contributed by atoms with Gasteiger partial charge in [-0.1, -0.05) is 26.0 Å². The molecular weight excluding hydrogens is 400 g/mol. The van der Waals surface area contributed by atoms with E-state index in [0.717, 1.165) is 5.56 Å². The third-order valence-corrected chi connectivity index (χ3v) is 4.41. The van der Waals surface area contributed by atoms with E-state index in [1.54, 1.807) is 27.9 Å². The van der Waals surface area contributed by atoms with Crippen molar-refractivity contribution in [2.75, 3.05) is 20.8 Å². The van der Waals surface area contributed by atoms with Crippen LogP contribution in [0, 0.1) is 11.8 Å². The summed E-state index contributed by atoms with van der Waals surface area (Å²) in [4.78, 5) is 37.2. The lowest BCUT2D eigenvalue weighted by molar-refractivity contribution is -0.146. The summed E-state index contributed by atoms with van der Waals surface area (Å²) in [5, 5.41) is 5.44. The van der Waals surface area contributed by atoms with Crippen molar-refractivity contribution >= 4 is 18.0 Å². The average Bonchev–Trinajstić information content (AvgIpc) is 2.68. The van der Waals surface area contributed by atoms with Gasteiger partial charge in [-0.2, -0.15) is 0 Å². The minimum absolute atomic E-state index is 0.0579. The molecule has 8 heteroatoms. The van der Waals surface area contributed by atoms with E-state index >= 15 is 0 Å². The maximum absolute atomic E-state index is 13.0. The zero-order chi connectivity index (χ0) is 23.6. The van der Waals surface area contributed by atoms with E-state index in [4.69, 9.17) is 14.2 Å². The van der Waals surface area contributed by atoms with Crippen molar-refractivity contribution in [2.24, 2.45) is 11.8 Å². The van der Waals surface area contributed by atoms with Crippen molar-refractivity contribution < 1.29 is 28.6 Å². The molecule has 31 heavy (non-hydrogen) atoms. The number of benzene rings is 1.